The van der Waals surface area contributed by atoms with Gasteiger partial charge < -0.3 is 87.8 Å². The van der Waals surface area contributed by atoms with Gasteiger partial charge in [0.15, 0.2) is 5.60 Å². The summed E-state index contributed by atoms with van der Waals surface area (Å²) in [7, 11) is 0. The Kier molecular flexibility index (Phi) is 35.4. The van der Waals surface area contributed by atoms with Crippen molar-refractivity contribution < 1.29 is 90.3 Å². The number of aliphatic hydroxyl groups is 1. The number of fused-ring (bicyclic) bond motifs is 5. The standard InChI is InChI=1S/C90H109FN10O19/c1-4-89(108)73-57-79-83-71(59-101(79)86(105)72(73)61-119-87(89)106)82-75(32-31-70-63(3)74(91)58-77(97-83)81(70)82)99-88(107)120-60-65-25-29-69(30-26-65)95-84(103)76(22-14-15-34-93-90(66-18-10-6-11-19-66,67-20-12-7-13-21-67)68-27-23-62(2)24-28-68)98-85(104)78(56-64-16-8-5-9-17-64)96-80(102)33-36-109-38-40-111-42-44-113-46-48-115-50-52-117-54-55-118-53-51-116-49-47-114-45-43-112-41-39-110-37-35-94-100-92/h5-13,16-21,23-30,57-58,75-76,78,93,108H,4,14-15,22,31-56,59-61H2,1-3H3,(H,95,103)(H,96,102)(H,98,104)(H,99,107)/t75-,76-,78-,89-/m0/s1. The summed E-state index contributed by atoms with van der Waals surface area (Å²) in [5, 5.41) is 31.6. The van der Waals surface area contributed by atoms with Gasteiger partial charge in [-0.25, -0.2) is 19.0 Å². The van der Waals surface area contributed by atoms with Crippen molar-refractivity contribution in [3.05, 3.63) is 245 Å². The number of alkyl carbamates (subject to hydrolysis) is 1. The third kappa shape index (κ3) is 24.9. The Balaban J connectivity index is 0.649. The number of anilines is 1. The van der Waals surface area contributed by atoms with E-state index in [9.17, 15) is 33.9 Å². The zero-order chi connectivity index (χ0) is 84.3. The Morgan fingerprint density at radius 2 is 1.18 bits per heavy atom. The number of esters is 1. The number of carbonyl (C=O) groups is 5. The number of carbonyl (C=O) groups excluding carboxylic acids is 5. The van der Waals surface area contributed by atoms with Crippen molar-refractivity contribution in [3.63, 3.8) is 0 Å². The molecule has 4 heterocycles. The number of ether oxygens (including phenoxy) is 12. The molecule has 8 aromatic rings. The van der Waals surface area contributed by atoms with Crippen LogP contribution in [0, 0.1) is 19.7 Å². The summed E-state index contributed by atoms with van der Waals surface area (Å²) in [4.78, 5) is 92.2. The summed E-state index contributed by atoms with van der Waals surface area (Å²) in [6, 6.07) is 45.2. The van der Waals surface area contributed by atoms with Crippen molar-refractivity contribution in [1.29, 1.82) is 0 Å². The van der Waals surface area contributed by atoms with Crippen LogP contribution in [0.5, 0.6) is 0 Å². The average molecular weight is 1650 g/mol. The van der Waals surface area contributed by atoms with Gasteiger partial charge >= 0.3 is 12.1 Å². The molecule has 3 aliphatic rings. The number of hydrogen-bond acceptors (Lipinski definition) is 22. The number of amides is 4. The number of aromatic nitrogens is 2. The number of halogens is 1. The Hall–Kier alpha value is -10.4. The van der Waals surface area contributed by atoms with Crippen molar-refractivity contribution in [2.24, 2.45) is 5.11 Å². The van der Waals surface area contributed by atoms with Crippen molar-refractivity contribution in [2.45, 2.75) is 121 Å². The predicted octanol–water partition coefficient (Wildman–Crippen LogP) is 10.5. The van der Waals surface area contributed by atoms with Crippen molar-refractivity contribution in [3.8, 4) is 11.4 Å². The molecular formula is C90H109FN10O19. The summed E-state index contributed by atoms with van der Waals surface area (Å²) in [5.41, 5.74) is 14.9. The van der Waals surface area contributed by atoms with E-state index < -0.39 is 70.4 Å². The molecule has 6 aromatic carbocycles. The third-order valence-corrected chi connectivity index (χ3v) is 21.3. The minimum Gasteiger partial charge on any atom is -0.458 e. The van der Waals surface area contributed by atoms with E-state index in [1.165, 1.54) is 10.6 Å². The predicted molar refractivity (Wildman–Crippen MR) is 445 cm³/mol. The number of benzene rings is 6. The molecule has 1 aliphatic carbocycles. The van der Waals surface area contributed by atoms with E-state index in [1.54, 1.807) is 44.2 Å². The van der Waals surface area contributed by atoms with Gasteiger partial charge in [0.25, 0.3) is 5.56 Å². The Labute approximate surface area is 697 Å². The number of pyridine rings is 2. The molecule has 4 amide bonds. The lowest BCUT2D eigenvalue weighted by Crippen LogP contribution is -2.53. The summed E-state index contributed by atoms with van der Waals surface area (Å²) < 4.78 is 83.8. The molecule has 0 saturated carbocycles. The molecule has 0 fully saturated rings. The van der Waals surface area contributed by atoms with Crippen LogP contribution < -0.4 is 32.1 Å². The monoisotopic (exact) mass is 1650 g/mol. The number of nitrogens with zero attached hydrogens (tertiary/aromatic N) is 5. The molecule has 4 atom stereocenters. The summed E-state index contributed by atoms with van der Waals surface area (Å²) in [6.07, 6.45) is 1.36. The lowest BCUT2D eigenvalue weighted by molar-refractivity contribution is -0.172. The van der Waals surface area contributed by atoms with Gasteiger partial charge in [-0.1, -0.05) is 145 Å². The number of unbranched alkanes of at least 4 members (excludes halogenated alkanes) is 1. The molecule has 0 bridgehead atoms. The van der Waals surface area contributed by atoms with Gasteiger partial charge in [-0.2, -0.15) is 0 Å². The second kappa shape index (κ2) is 47.0. The Bertz CT molecular complexity index is 4720. The van der Waals surface area contributed by atoms with Crippen LogP contribution in [0.25, 0.3) is 32.7 Å². The third-order valence-electron chi connectivity index (χ3n) is 21.3. The van der Waals surface area contributed by atoms with Gasteiger partial charge in [0.05, 0.1) is 173 Å². The molecule has 0 saturated heterocycles. The molecule has 30 heteroatoms. The van der Waals surface area contributed by atoms with Gasteiger partial charge in [0, 0.05) is 52.6 Å². The molecule has 0 radical (unpaired) electrons. The number of hydrogen-bond donors (Lipinski definition) is 6. The molecule has 2 aromatic heterocycles. The van der Waals surface area contributed by atoms with E-state index >= 15 is 4.39 Å². The minimum absolute atomic E-state index is 0.0452. The molecule has 0 unspecified atom stereocenters. The highest BCUT2D eigenvalue weighted by atomic mass is 19.1. The first-order valence-electron chi connectivity index (χ1n) is 41.1. The van der Waals surface area contributed by atoms with E-state index in [1.807, 2.05) is 66.7 Å². The number of azide groups is 1. The maximum atomic E-state index is 15.7. The summed E-state index contributed by atoms with van der Waals surface area (Å²) >= 11 is 0. The van der Waals surface area contributed by atoms with Crippen molar-refractivity contribution in [1.82, 2.24) is 30.8 Å². The van der Waals surface area contributed by atoms with Crippen LogP contribution >= 0.6 is 0 Å². The maximum Gasteiger partial charge on any atom is 0.407 e. The van der Waals surface area contributed by atoms with Crippen LogP contribution in [-0.4, -0.2) is 202 Å². The van der Waals surface area contributed by atoms with E-state index in [0.29, 0.717) is 201 Å². The number of cyclic esters (lactones) is 1. The van der Waals surface area contributed by atoms with E-state index in [-0.39, 0.29) is 76.4 Å². The fourth-order valence-corrected chi connectivity index (χ4v) is 14.9. The summed E-state index contributed by atoms with van der Waals surface area (Å²) in [5.74, 6) is -2.80. The molecular weight excluding hydrogens is 1540 g/mol. The minimum atomic E-state index is -2.06. The second-order valence-corrected chi connectivity index (χ2v) is 29.3. The fraction of sp³-hybridized carbons (Fsp3) is 0.456. The highest BCUT2D eigenvalue weighted by molar-refractivity contribution is 5.99. The molecule has 11 rings (SSSR count). The Morgan fingerprint density at radius 1 is 0.642 bits per heavy atom. The first-order valence-corrected chi connectivity index (χ1v) is 41.1. The average Bonchev–Trinajstić information content (AvgIpc) is 1.57. The first kappa shape index (κ1) is 90.4. The van der Waals surface area contributed by atoms with Crippen LogP contribution in [0.4, 0.5) is 14.9 Å². The van der Waals surface area contributed by atoms with Gasteiger partial charge in [0.1, 0.15) is 31.1 Å². The van der Waals surface area contributed by atoms with Gasteiger partial charge in [0.2, 0.25) is 17.7 Å². The van der Waals surface area contributed by atoms with Crippen molar-refractivity contribution in [2.75, 3.05) is 151 Å². The molecule has 29 nitrogen and oxygen atoms in total. The van der Waals surface area contributed by atoms with Crippen LogP contribution in [0.1, 0.15) is 118 Å². The quantitative estimate of drug-likeness (QED) is 0.00515. The van der Waals surface area contributed by atoms with Crippen LogP contribution in [-0.2, 0) is 120 Å². The van der Waals surface area contributed by atoms with Gasteiger partial charge in [-0.3, -0.25) is 24.5 Å². The molecule has 0 spiro atoms. The summed E-state index contributed by atoms with van der Waals surface area (Å²) in [6.45, 7) is 13.3. The Morgan fingerprint density at radius 3 is 1.74 bits per heavy atom. The highest BCUT2D eigenvalue weighted by Crippen LogP contribution is 2.46. The zero-order valence-corrected chi connectivity index (χ0v) is 68.4. The SMILES string of the molecule is CC[C@@]1(O)C(=O)OCc2c1cc1n(c2=O)Cc2c-1nc1cc(F)c(C)c3c1c2[C@@H](NC(=O)OCc1ccc(NC(=O)[C@H](CCCCNC(c2ccccc2)(c2ccccc2)c2ccc(C)cc2)NC(=O)[C@H](Cc2ccccc2)NC(=O)CCOCCOCCOCCOCCOCCOCCOCCOCCOCCOCCN=[N+]=[N-])cc1)CC3. The van der Waals surface area contributed by atoms with E-state index in [0.717, 1.165) is 33.4 Å². The fourth-order valence-electron chi connectivity index (χ4n) is 14.9. The molecule has 640 valence electrons. The lowest BCUT2D eigenvalue weighted by Gasteiger charge is -2.37. The molecule has 2 aliphatic heterocycles. The number of rotatable bonds is 53. The molecule has 120 heavy (non-hydrogen) atoms. The second-order valence-electron chi connectivity index (χ2n) is 29.3. The van der Waals surface area contributed by atoms with Crippen LogP contribution in [0.2, 0.25) is 0 Å². The number of nitrogens with one attached hydrogen (secondary N) is 5. The highest BCUT2D eigenvalue weighted by Gasteiger charge is 2.46. The van der Waals surface area contributed by atoms with Gasteiger partial charge in [-0.05, 0) is 127 Å². The molecule has 6 N–H and O–H groups in total. The lowest BCUT2D eigenvalue weighted by atomic mass is 9.76. The van der Waals surface area contributed by atoms with E-state index in [2.05, 4.69) is 92.1 Å². The van der Waals surface area contributed by atoms with Gasteiger partial charge in [-0.15, -0.1) is 0 Å². The first-order chi connectivity index (χ1) is 58.6. The zero-order valence-electron chi connectivity index (χ0n) is 68.4. The smallest absolute Gasteiger partial charge is 0.407 e. The largest absolute Gasteiger partial charge is 0.458 e. The maximum absolute atomic E-state index is 15.7. The normalized spacial score (nSPS) is 15.0. The topological polar surface area (TPSA) is 360 Å². The van der Waals surface area contributed by atoms with E-state index in [4.69, 9.17) is 67.4 Å². The van der Waals surface area contributed by atoms with Crippen LogP contribution in [0.15, 0.2) is 162 Å². The van der Waals surface area contributed by atoms with Crippen LogP contribution in [0.3, 0.4) is 0 Å². The number of aryl methyl sites for hydroxylation is 2. The van der Waals surface area contributed by atoms with Crippen molar-refractivity contribution >= 4 is 46.4 Å².